The van der Waals surface area contributed by atoms with E-state index in [0.29, 0.717) is 22.3 Å². The van der Waals surface area contributed by atoms with Gasteiger partial charge in [0, 0.05) is 11.9 Å². The van der Waals surface area contributed by atoms with Crippen molar-refractivity contribution in [2.45, 2.75) is 0 Å². The van der Waals surface area contributed by atoms with E-state index in [1.165, 1.54) is 18.6 Å². The Labute approximate surface area is 124 Å². The summed E-state index contributed by atoms with van der Waals surface area (Å²) in [5, 5.41) is 20.6. The van der Waals surface area contributed by atoms with Crippen molar-refractivity contribution in [2.24, 2.45) is 0 Å². The maximum Gasteiger partial charge on any atom is 0.267 e. The number of nitrogens with one attached hydrogen (secondary N) is 3. The number of carbonyl (C=O) groups excluding carboxylic acids is 1. The minimum Gasteiger partial charge on any atom is -0.398 e. The fourth-order valence-corrected chi connectivity index (χ4v) is 1.55. The molecule has 0 aliphatic heterocycles. The number of nitrogens with zero attached hydrogens (tertiary/aromatic N) is 3. The number of aromatic nitrogens is 3. The summed E-state index contributed by atoms with van der Waals surface area (Å²) in [5.41, 5.74) is 6.26. The zero-order chi connectivity index (χ0) is 15.2. The van der Waals surface area contributed by atoms with Gasteiger partial charge in [-0.2, -0.15) is 15.3 Å². The van der Waals surface area contributed by atoms with E-state index in [1.54, 1.807) is 18.2 Å². The van der Waals surface area contributed by atoms with Crippen LogP contribution in [0.1, 0.15) is 0 Å². The Morgan fingerprint density at radius 3 is 2.95 bits per heavy atom. The first-order valence-corrected chi connectivity index (χ1v) is 6.06. The van der Waals surface area contributed by atoms with Crippen molar-refractivity contribution in [3.05, 3.63) is 41.3 Å². The standard InChI is InChI=1S/C12H10ClN7O/c13-9-3-8(1-2-10(9)15)19-11(21)7(4-14)5-16-12-17-6-18-20-12/h1-3,5-6H,15H2,(H,19,21)(H2,16,17,18,20)/b7-5-. The van der Waals surface area contributed by atoms with Crippen LogP contribution >= 0.6 is 11.6 Å². The number of hydrogen-bond acceptors (Lipinski definition) is 6. The molecule has 0 saturated carbocycles. The van der Waals surface area contributed by atoms with Crippen LogP contribution in [0.25, 0.3) is 0 Å². The largest absolute Gasteiger partial charge is 0.398 e. The van der Waals surface area contributed by atoms with E-state index < -0.39 is 5.91 Å². The van der Waals surface area contributed by atoms with E-state index in [2.05, 4.69) is 25.8 Å². The molecule has 5 N–H and O–H groups in total. The van der Waals surface area contributed by atoms with E-state index in [9.17, 15) is 4.79 Å². The van der Waals surface area contributed by atoms with Crippen molar-refractivity contribution in [1.29, 1.82) is 5.26 Å². The van der Waals surface area contributed by atoms with E-state index in [0.717, 1.165) is 0 Å². The monoisotopic (exact) mass is 303 g/mol. The van der Waals surface area contributed by atoms with Crippen molar-refractivity contribution in [1.82, 2.24) is 15.2 Å². The Balaban J connectivity index is 2.08. The lowest BCUT2D eigenvalue weighted by molar-refractivity contribution is -0.112. The second-order valence-electron chi connectivity index (χ2n) is 3.84. The predicted molar refractivity (Wildman–Crippen MR) is 78.2 cm³/mol. The Bertz CT molecular complexity index is 718. The van der Waals surface area contributed by atoms with Crippen LogP contribution in [0.15, 0.2) is 36.3 Å². The molecule has 0 saturated heterocycles. The highest BCUT2D eigenvalue weighted by Crippen LogP contribution is 2.22. The van der Waals surface area contributed by atoms with Gasteiger partial charge in [-0.25, -0.2) is 5.10 Å². The number of carbonyl (C=O) groups is 1. The van der Waals surface area contributed by atoms with Crippen LogP contribution in [-0.4, -0.2) is 21.1 Å². The number of benzene rings is 1. The Morgan fingerprint density at radius 2 is 2.33 bits per heavy atom. The molecule has 2 rings (SSSR count). The predicted octanol–water partition coefficient (Wildman–Crippen LogP) is 1.50. The van der Waals surface area contributed by atoms with Gasteiger partial charge in [-0.05, 0) is 18.2 Å². The Morgan fingerprint density at radius 1 is 1.52 bits per heavy atom. The summed E-state index contributed by atoms with van der Waals surface area (Å²) in [6, 6.07) is 6.41. The van der Waals surface area contributed by atoms with E-state index >= 15 is 0 Å². The quantitative estimate of drug-likeness (QED) is 0.384. The third-order valence-electron chi connectivity index (χ3n) is 2.39. The molecule has 2 aromatic rings. The van der Waals surface area contributed by atoms with E-state index in [1.807, 2.05) is 0 Å². The molecule has 1 heterocycles. The highest BCUT2D eigenvalue weighted by molar-refractivity contribution is 6.33. The van der Waals surface area contributed by atoms with Gasteiger partial charge in [0.15, 0.2) is 0 Å². The van der Waals surface area contributed by atoms with Crippen molar-refractivity contribution in [3.8, 4) is 6.07 Å². The Kier molecular flexibility index (Phi) is 4.38. The topological polar surface area (TPSA) is 133 Å². The zero-order valence-corrected chi connectivity index (χ0v) is 11.3. The maximum atomic E-state index is 11.9. The average Bonchev–Trinajstić information content (AvgIpc) is 2.97. The molecule has 1 aromatic carbocycles. The van der Waals surface area contributed by atoms with Crippen LogP contribution in [0.2, 0.25) is 5.02 Å². The number of rotatable bonds is 4. The summed E-state index contributed by atoms with van der Waals surface area (Å²) in [6.07, 6.45) is 2.51. The van der Waals surface area contributed by atoms with Gasteiger partial charge in [0.1, 0.15) is 18.0 Å². The molecule has 0 aliphatic carbocycles. The number of anilines is 3. The number of amides is 1. The maximum absolute atomic E-state index is 11.9. The van der Waals surface area contributed by atoms with Gasteiger partial charge >= 0.3 is 0 Å². The first-order valence-electron chi connectivity index (χ1n) is 5.68. The highest BCUT2D eigenvalue weighted by Gasteiger charge is 2.10. The first-order chi connectivity index (χ1) is 10.1. The highest BCUT2D eigenvalue weighted by atomic mass is 35.5. The molecule has 21 heavy (non-hydrogen) atoms. The van der Waals surface area contributed by atoms with E-state index in [-0.39, 0.29) is 5.57 Å². The summed E-state index contributed by atoms with van der Waals surface area (Å²) in [5.74, 6) is -0.281. The second-order valence-corrected chi connectivity index (χ2v) is 4.25. The van der Waals surface area contributed by atoms with Gasteiger partial charge in [0.05, 0.1) is 10.7 Å². The van der Waals surface area contributed by atoms with Crippen LogP contribution < -0.4 is 16.4 Å². The fraction of sp³-hybridized carbons (Fsp3) is 0. The second kappa shape index (κ2) is 6.40. The molecule has 0 unspecified atom stereocenters. The molecule has 0 aliphatic rings. The van der Waals surface area contributed by atoms with Crippen LogP contribution in [0.4, 0.5) is 17.3 Å². The number of aromatic amines is 1. The number of nitriles is 1. The minimum absolute atomic E-state index is 0.139. The van der Waals surface area contributed by atoms with Crippen LogP contribution in [0, 0.1) is 11.3 Å². The van der Waals surface area contributed by atoms with Gasteiger partial charge in [-0.3, -0.25) is 4.79 Å². The van der Waals surface area contributed by atoms with Crippen LogP contribution in [-0.2, 0) is 4.79 Å². The molecular formula is C12H10ClN7O. The van der Waals surface area contributed by atoms with Crippen molar-refractivity contribution < 1.29 is 4.79 Å². The average molecular weight is 304 g/mol. The number of hydrogen-bond donors (Lipinski definition) is 4. The molecule has 0 atom stereocenters. The minimum atomic E-state index is -0.592. The lowest BCUT2D eigenvalue weighted by Crippen LogP contribution is -2.14. The van der Waals surface area contributed by atoms with Gasteiger partial charge < -0.3 is 16.4 Å². The number of H-pyrrole nitrogens is 1. The third-order valence-corrected chi connectivity index (χ3v) is 2.72. The molecule has 106 valence electrons. The smallest absolute Gasteiger partial charge is 0.267 e. The lowest BCUT2D eigenvalue weighted by Gasteiger charge is -2.06. The zero-order valence-electron chi connectivity index (χ0n) is 10.6. The molecule has 8 nitrogen and oxygen atoms in total. The van der Waals surface area contributed by atoms with Gasteiger partial charge in [0.25, 0.3) is 5.91 Å². The van der Waals surface area contributed by atoms with Gasteiger partial charge in [0.2, 0.25) is 5.95 Å². The van der Waals surface area contributed by atoms with E-state index in [4.69, 9.17) is 22.6 Å². The number of nitrogens with two attached hydrogens (primary N) is 1. The molecule has 9 heteroatoms. The molecule has 1 amide bonds. The molecule has 0 spiro atoms. The lowest BCUT2D eigenvalue weighted by atomic mass is 10.2. The number of halogens is 1. The fourth-order valence-electron chi connectivity index (χ4n) is 1.37. The summed E-state index contributed by atoms with van der Waals surface area (Å²) < 4.78 is 0. The third kappa shape index (κ3) is 3.71. The first kappa shape index (κ1) is 14.4. The molecular weight excluding hydrogens is 294 g/mol. The Hall–Kier alpha value is -3.05. The van der Waals surface area contributed by atoms with Gasteiger partial charge in [-0.1, -0.05) is 11.6 Å². The molecule has 1 aromatic heterocycles. The van der Waals surface area contributed by atoms with Crippen LogP contribution in [0.3, 0.4) is 0 Å². The van der Waals surface area contributed by atoms with Crippen molar-refractivity contribution >= 4 is 34.8 Å². The normalized spacial score (nSPS) is 10.8. The van der Waals surface area contributed by atoms with Gasteiger partial charge in [-0.15, -0.1) is 0 Å². The van der Waals surface area contributed by atoms with Crippen LogP contribution in [0.5, 0.6) is 0 Å². The summed E-state index contributed by atoms with van der Waals surface area (Å²) in [4.78, 5) is 15.7. The van der Waals surface area contributed by atoms with Crippen molar-refractivity contribution in [2.75, 3.05) is 16.4 Å². The summed E-state index contributed by atoms with van der Waals surface area (Å²) in [7, 11) is 0. The number of nitrogen functional groups attached to an aromatic ring is 1. The molecule has 0 radical (unpaired) electrons. The summed E-state index contributed by atoms with van der Waals surface area (Å²) in [6.45, 7) is 0. The summed E-state index contributed by atoms with van der Waals surface area (Å²) >= 11 is 5.85. The SMILES string of the molecule is N#C/C(=C/Nc1ncn[nH]1)C(=O)Nc1ccc(N)c(Cl)c1. The van der Waals surface area contributed by atoms with Crippen molar-refractivity contribution in [3.63, 3.8) is 0 Å². The molecule has 0 fully saturated rings. The molecule has 0 bridgehead atoms.